The lowest BCUT2D eigenvalue weighted by Gasteiger charge is -2.27. The molecule has 0 atom stereocenters. The number of rotatable bonds is 5. The van der Waals surface area contributed by atoms with Crippen molar-refractivity contribution >= 4 is 10.0 Å². The summed E-state index contributed by atoms with van der Waals surface area (Å²) in [6, 6.07) is 0. The number of piperazine rings is 1. The molecule has 0 spiro atoms. The fraction of sp³-hybridized carbons (Fsp3) is 1.00. The highest BCUT2D eigenvalue weighted by Crippen LogP contribution is 1.94. The van der Waals surface area contributed by atoms with E-state index in [1.807, 2.05) is 0 Å². The lowest BCUT2D eigenvalue weighted by atomic mass is 10.4. The molecular formula is C8H20N4O2S. The molecule has 0 aliphatic carbocycles. The molecule has 1 fully saturated rings. The quantitative estimate of drug-likeness (QED) is 0.556. The molecule has 6 nitrogen and oxygen atoms in total. The first-order valence-corrected chi connectivity index (χ1v) is 6.75. The van der Waals surface area contributed by atoms with Crippen LogP contribution in [0.25, 0.3) is 0 Å². The van der Waals surface area contributed by atoms with E-state index in [9.17, 15) is 8.42 Å². The van der Waals surface area contributed by atoms with Crippen molar-refractivity contribution < 1.29 is 8.42 Å². The van der Waals surface area contributed by atoms with E-state index in [-0.39, 0.29) is 5.75 Å². The van der Waals surface area contributed by atoms with Crippen molar-refractivity contribution in [1.82, 2.24) is 20.1 Å². The van der Waals surface area contributed by atoms with Crippen LogP contribution in [0.3, 0.4) is 0 Å². The van der Waals surface area contributed by atoms with Crippen LogP contribution in [0, 0.1) is 0 Å². The molecule has 0 aromatic carbocycles. The third kappa shape index (κ3) is 5.43. The standard InChI is InChI=1S/C8H20N4O2S/c1-11(2)10-15(13,14)8-7-12-5-3-9-4-6-12/h9-10H,3-8H2,1-2H3. The minimum absolute atomic E-state index is 0.158. The Morgan fingerprint density at radius 3 is 2.47 bits per heavy atom. The Kier molecular flexibility index (Phi) is 4.94. The topological polar surface area (TPSA) is 64.7 Å². The van der Waals surface area contributed by atoms with Crippen molar-refractivity contribution in [3.05, 3.63) is 0 Å². The maximum Gasteiger partial charge on any atom is 0.225 e. The summed E-state index contributed by atoms with van der Waals surface area (Å²) in [6.45, 7) is 4.35. The van der Waals surface area contributed by atoms with Crippen molar-refractivity contribution in [3.8, 4) is 0 Å². The molecule has 0 aromatic rings. The van der Waals surface area contributed by atoms with Crippen molar-refractivity contribution in [1.29, 1.82) is 0 Å². The molecule has 2 N–H and O–H groups in total. The molecule has 0 bridgehead atoms. The molecule has 0 saturated carbocycles. The van der Waals surface area contributed by atoms with Crippen molar-refractivity contribution in [2.45, 2.75) is 0 Å². The summed E-state index contributed by atoms with van der Waals surface area (Å²) in [4.78, 5) is 4.58. The van der Waals surface area contributed by atoms with Gasteiger partial charge in [-0.05, 0) is 0 Å². The highest BCUT2D eigenvalue weighted by molar-refractivity contribution is 7.89. The van der Waals surface area contributed by atoms with Crippen molar-refractivity contribution in [2.24, 2.45) is 0 Å². The fourth-order valence-corrected chi connectivity index (χ4v) is 2.65. The number of sulfonamides is 1. The van der Waals surface area contributed by atoms with Crippen molar-refractivity contribution in [2.75, 3.05) is 52.6 Å². The van der Waals surface area contributed by atoms with Crippen LogP contribution in [0.4, 0.5) is 0 Å². The van der Waals surface area contributed by atoms with E-state index < -0.39 is 10.0 Å². The largest absolute Gasteiger partial charge is 0.314 e. The fourth-order valence-electron chi connectivity index (χ4n) is 1.51. The SMILES string of the molecule is CN(C)NS(=O)(=O)CCN1CCNCC1. The summed E-state index contributed by atoms with van der Waals surface area (Å²) in [7, 11) is 0.172. The van der Waals surface area contributed by atoms with E-state index in [1.54, 1.807) is 14.1 Å². The van der Waals surface area contributed by atoms with Gasteiger partial charge < -0.3 is 5.32 Å². The number of hydrogen-bond acceptors (Lipinski definition) is 5. The van der Waals surface area contributed by atoms with Gasteiger partial charge in [0.1, 0.15) is 0 Å². The molecule has 0 amide bonds. The Morgan fingerprint density at radius 1 is 1.33 bits per heavy atom. The highest BCUT2D eigenvalue weighted by Gasteiger charge is 2.15. The molecule has 1 heterocycles. The first-order valence-electron chi connectivity index (χ1n) is 5.10. The van der Waals surface area contributed by atoms with Gasteiger partial charge in [0.25, 0.3) is 0 Å². The summed E-state index contributed by atoms with van der Waals surface area (Å²) in [6.07, 6.45) is 0. The lowest BCUT2D eigenvalue weighted by molar-refractivity contribution is 0.252. The summed E-state index contributed by atoms with van der Waals surface area (Å²) in [5.41, 5.74) is 0. The summed E-state index contributed by atoms with van der Waals surface area (Å²) >= 11 is 0. The Morgan fingerprint density at radius 2 is 1.93 bits per heavy atom. The number of hydrazine groups is 1. The second-order valence-corrected chi connectivity index (χ2v) is 5.72. The molecule has 0 aromatic heterocycles. The lowest BCUT2D eigenvalue weighted by Crippen LogP contribution is -2.47. The normalized spacial score (nSPS) is 19.7. The molecule has 15 heavy (non-hydrogen) atoms. The summed E-state index contributed by atoms with van der Waals surface area (Å²) in [5, 5.41) is 4.68. The van der Waals surface area contributed by atoms with E-state index in [4.69, 9.17) is 0 Å². The Bertz CT molecular complexity index is 272. The second-order valence-electron chi connectivity index (χ2n) is 3.90. The van der Waals surface area contributed by atoms with Crippen LogP contribution in [0.1, 0.15) is 0 Å². The molecule has 1 saturated heterocycles. The summed E-state index contributed by atoms with van der Waals surface area (Å²) < 4.78 is 23.0. The molecule has 0 radical (unpaired) electrons. The predicted molar refractivity (Wildman–Crippen MR) is 59.9 cm³/mol. The smallest absolute Gasteiger partial charge is 0.225 e. The first-order chi connectivity index (χ1) is 6.99. The molecule has 1 aliphatic heterocycles. The predicted octanol–water partition coefficient (Wildman–Crippen LogP) is -1.71. The molecule has 1 rings (SSSR count). The Balaban J connectivity index is 2.28. The van der Waals surface area contributed by atoms with E-state index in [1.165, 1.54) is 5.01 Å². The van der Waals surface area contributed by atoms with Gasteiger partial charge in [-0.2, -0.15) is 0 Å². The van der Waals surface area contributed by atoms with Gasteiger partial charge in [-0.25, -0.2) is 13.4 Å². The molecule has 7 heteroatoms. The molecule has 0 unspecified atom stereocenters. The monoisotopic (exact) mass is 236 g/mol. The zero-order valence-electron chi connectivity index (χ0n) is 9.36. The van der Waals surface area contributed by atoms with Gasteiger partial charge in [-0.3, -0.25) is 4.90 Å². The maximum absolute atomic E-state index is 11.5. The van der Waals surface area contributed by atoms with Crippen LogP contribution < -0.4 is 10.1 Å². The van der Waals surface area contributed by atoms with E-state index in [0.29, 0.717) is 6.54 Å². The first kappa shape index (κ1) is 12.9. The van der Waals surface area contributed by atoms with Crippen LogP contribution in [-0.2, 0) is 10.0 Å². The Hall–Kier alpha value is -0.210. The van der Waals surface area contributed by atoms with E-state index in [2.05, 4.69) is 15.0 Å². The number of nitrogens with one attached hydrogen (secondary N) is 2. The van der Waals surface area contributed by atoms with Gasteiger partial charge in [0.15, 0.2) is 0 Å². The zero-order chi connectivity index (χ0) is 11.3. The number of nitrogens with zero attached hydrogens (tertiary/aromatic N) is 2. The third-order valence-corrected chi connectivity index (χ3v) is 3.57. The van der Waals surface area contributed by atoms with Crippen LogP contribution in [0.15, 0.2) is 0 Å². The average molecular weight is 236 g/mol. The van der Waals surface area contributed by atoms with Gasteiger partial charge in [0.05, 0.1) is 5.75 Å². The van der Waals surface area contributed by atoms with Gasteiger partial charge >= 0.3 is 0 Å². The third-order valence-electron chi connectivity index (χ3n) is 2.21. The van der Waals surface area contributed by atoms with Crippen LogP contribution in [0.5, 0.6) is 0 Å². The van der Waals surface area contributed by atoms with Gasteiger partial charge in [0, 0.05) is 46.8 Å². The van der Waals surface area contributed by atoms with Crippen LogP contribution in [0.2, 0.25) is 0 Å². The zero-order valence-corrected chi connectivity index (χ0v) is 10.2. The minimum Gasteiger partial charge on any atom is -0.314 e. The second kappa shape index (κ2) is 5.76. The minimum atomic E-state index is -3.17. The number of hydrogen-bond donors (Lipinski definition) is 2. The van der Waals surface area contributed by atoms with E-state index >= 15 is 0 Å². The molecular weight excluding hydrogens is 216 g/mol. The Labute approximate surface area is 91.6 Å². The summed E-state index contributed by atoms with van der Waals surface area (Å²) in [5.74, 6) is 0.158. The van der Waals surface area contributed by atoms with E-state index in [0.717, 1.165) is 26.2 Å². The maximum atomic E-state index is 11.5. The van der Waals surface area contributed by atoms with Crippen LogP contribution >= 0.6 is 0 Å². The molecule has 90 valence electrons. The average Bonchev–Trinajstić information content (AvgIpc) is 2.15. The van der Waals surface area contributed by atoms with Crippen LogP contribution in [-0.4, -0.2) is 70.9 Å². The van der Waals surface area contributed by atoms with Gasteiger partial charge in [-0.1, -0.05) is 0 Å². The highest BCUT2D eigenvalue weighted by atomic mass is 32.2. The molecule has 1 aliphatic rings. The van der Waals surface area contributed by atoms with Crippen molar-refractivity contribution in [3.63, 3.8) is 0 Å². The van der Waals surface area contributed by atoms with Gasteiger partial charge in [-0.15, -0.1) is 4.83 Å². The van der Waals surface area contributed by atoms with Gasteiger partial charge in [0.2, 0.25) is 10.0 Å².